The molecule has 3 aromatic carbocycles. The maximum absolute atomic E-state index is 13.2. The number of piperidine rings is 1. The summed E-state index contributed by atoms with van der Waals surface area (Å²) in [5.74, 6) is -0.471. The number of anilines is 1. The SMILES string of the molecule is CC(C)(c1ccc(OCc2ccnc(C#N)n2)cc1)c1ccc(OC2CC(Nc3ccc4c(c3)C(=O)N([C@H]3CCC(=O)NC3=O)C4=O)C2)cc1. The Balaban J connectivity index is 0.903. The van der Waals surface area contributed by atoms with Crippen LogP contribution < -0.4 is 20.1 Å². The van der Waals surface area contributed by atoms with Gasteiger partial charge in [0.2, 0.25) is 17.6 Å². The number of nitrogens with one attached hydrogen (secondary N) is 2. The number of nitriles is 1. The molecule has 1 atom stereocenters. The predicted molar refractivity (Wildman–Crippen MR) is 180 cm³/mol. The van der Waals surface area contributed by atoms with Gasteiger partial charge in [-0.05, 0) is 66.1 Å². The van der Waals surface area contributed by atoms with Gasteiger partial charge in [-0.2, -0.15) is 5.26 Å². The number of hydrogen-bond acceptors (Lipinski definition) is 10. The topological polar surface area (TPSA) is 164 Å². The second-order valence-electron chi connectivity index (χ2n) is 13.2. The zero-order valence-electron chi connectivity index (χ0n) is 27.5. The Hall–Kier alpha value is -6.09. The fourth-order valence-corrected chi connectivity index (χ4v) is 6.54. The van der Waals surface area contributed by atoms with Crippen molar-refractivity contribution in [3.05, 3.63) is 113 Å². The maximum Gasteiger partial charge on any atom is 0.262 e. The number of amides is 4. The highest BCUT2D eigenvalue weighted by Gasteiger charge is 2.44. The summed E-state index contributed by atoms with van der Waals surface area (Å²) in [6.07, 6.45) is 3.32. The van der Waals surface area contributed by atoms with Crippen molar-refractivity contribution >= 4 is 29.3 Å². The van der Waals surface area contributed by atoms with E-state index >= 15 is 0 Å². The maximum atomic E-state index is 13.2. The molecule has 12 heteroatoms. The van der Waals surface area contributed by atoms with Gasteiger partial charge in [-0.3, -0.25) is 29.4 Å². The second kappa shape index (κ2) is 13.1. The number of carbonyl (C=O) groups excluding carboxylic acids is 4. The molecule has 1 saturated heterocycles. The Morgan fingerprint density at radius 2 is 1.60 bits per heavy atom. The van der Waals surface area contributed by atoms with E-state index in [0.29, 0.717) is 17.1 Å². The molecule has 0 spiro atoms. The van der Waals surface area contributed by atoms with E-state index in [4.69, 9.17) is 14.7 Å². The summed E-state index contributed by atoms with van der Waals surface area (Å²) in [5.41, 5.74) is 3.85. The molecule has 50 heavy (non-hydrogen) atoms. The lowest BCUT2D eigenvalue weighted by Crippen LogP contribution is -2.54. The largest absolute Gasteiger partial charge is 0.490 e. The number of imide groups is 2. The normalized spacial score (nSPS) is 20.0. The highest BCUT2D eigenvalue weighted by atomic mass is 16.5. The molecule has 4 amide bonds. The third kappa shape index (κ3) is 6.37. The summed E-state index contributed by atoms with van der Waals surface area (Å²) in [4.78, 5) is 59.0. The molecule has 2 N–H and O–H groups in total. The van der Waals surface area contributed by atoms with E-state index in [1.165, 1.54) is 0 Å². The minimum atomic E-state index is -0.989. The first-order valence-electron chi connectivity index (χ1n) is 16.4. The number of fused-ring (bicyclic) bond motifs is 1. The van der Waals surface area contributed by atoms with Gasteiger partial charge < -0.3 is 14.8 Å². The zero-order valence-corrected chi connectivity index (χ0v) is 27.5. The zero-order chi connectivity index (χ0) is 35.0. The van der Waals surface area contributed by atoms with Crippen molar-refractivity contribution in [3.8, 4) is 17.6 Å². The molecule has 4 aromatic rings. The molecule has 3 aliphatic rings. The first-order chi connectivity index (χ1) is 24.1. The van der Waals surface area contributed by atoms with Gasteiger partial charge in [0, 0.05) is 42.6 Å². The molecule has 1 saturated carbocycles. The summed E-state index contributed by atoms with van der Waals surface area (Å²) < 4.78 is 12.1. The molecule has 7 rings (SSSR count). The monoisotopic (exact) mass is 670 g/mol. The second-order valence-corrected chi connectivity index (χ2v) is 13.2. The van der Waals surface area contributed by atoms with Crippen LogP contribution in [0.2, 0.25) is 0 Å². The lowest BCUT2D eigenvalue weighted by atomic mass is 9.78. The van der Waals surface area contributed by atoms with Gasteiger partial charge in [0.15, 0.2) is 0 Å². The summed E-state index contributed by atoms with van der Waals surface area (Å²) in [5, 5.41) is 14.6. The van der Waals surface area contributed by atoms with Crippen LogP contribution in [0.5, 0.6) is 11.5 Å². The van der Waals surface area contributed by atoms with Crippen LogP contribution in [0.1, 0.15) is 82.9 Å². The predicted octanol–water partition coefficient (Wildman–Crippen LogP) is 4.68. The highest BCUT2D eigenvalue weighted by Crippen LogP contribution is 2.36. The third-order valence-electron chi connectivity index (χ3n) is 9.56. The van der Waals surface area contributed by atoms with E-state index in [0.717, 1.165) is 34.6 Å². The molecule has 3 heterocycles. The minimum absolute atomic E-state index is 0.0356. The van der Waals surface area contributed by atoms with E-state index in [-0.39, 0.29) is 54.0 Å². The van der Waals surface area contributed by atoms with E-state index in [1.54, 1.807) is 30.5 Å². The van der Waals surface area contributed by atoms with Crippen LogP contribution in [0.4, 0.5) is 5.69 Å². The Morgan fingerprint density at radius 1 is 0.920 bits per heavy atom. The van der Waals surface area contributed by atoms with E-state index < -0.39 is 29.7 Å². The molecule has 0 radical (unpaired) electrons. The molecule has 2 aliphatic heterocycles. The molecule has 252 valence electrons. The lowest BCUT2D eigenvalue weighted by Gasteiger charge is -2.36. The van der Waals surface area contributed by atoms with Crippen LogP contribution in [0.3, 0.4) is 0 Å². The third-order valence-corrected chi connectivity index (χ3v) is 9.56. The van der Waals surface area contributed by atoms with Gasteiger partial charge in [-0.1, -0.05) is 38.1 Å². The molecule has 1 aliphatic carbocycles. The van der Waals surface area contributed by atoms with Crippen molar-refractivity contribution in [1.82, 2.24) is 20.2 Å². The molecule has 0 unspecified atom stereocenters. The van der Waals surface area contributed by atoms with Gasteiger partial charge >= 0.3 is 0 Å². The molecule has 12 nitrogen and oxygen atoms in total. The van der Waals surface area contributed by atoms with Gasteiger partial charge in [0.25, 0.3) is 11.8 Å². The number of hydrogen-bond donors (Lipinski definition) is 2. The average molecular weight is 671 g/mol. The fraction of sp³-hybridized carbons (Fsp3) is 0.289. The van der Waals surface area contributed by atoms with Gasteiger partial charge in [0.05, 0.1) is 16.8 Å². The van der Waals surface area contributed by atoms with Crippen LogP contribution in [-0.4, -0.2) is 56.7 Å². The minimum Gasteiger partial charge on any atom is -0.490 e. The van der Waals surface area contributed by atoms with Crippen LogP contribution in [0.25, 0.3) is 0 Å². The van der Waals surface area contributed by atoms with Gasteiger partial charge in [-0.15, -0.1) is 0 Å². The molecule has 0 bridgehead atoms. The van der Waals surface area contributed by atoms with Crippen LogP contribution in [-0.2, 0) is 21.6 Å². The molecule has 1 aromatic heterocycles. The quantitative estimate of drug-likeness (QED) is 0.227. The van der Waals surface area contributed by atoms with Crippen molar-refractivity contribution in [2.75, 3.05) is 5.32 Å². The van der Waals surface area contributed by atoms with Crippen LogP contribution in [0, 0.1) is 11.3 Å². The summed E-state index contributed by atoms with van der Waals surface area (Å²) in [7, 11) is 0. The fourth-order valence-electron chi connectivity index (χ4n) is 6.54. The molecular formula is C38H34N6O6. The van der Waals surface area contributed by atoms with Crippen molar-refractivity contribution in [2.45, 2.75) is 69.7 Å². The summed E-state index contributed by atoms with van der Waals surface area (Å²) in [6.45, 7) is 4.57. The van der Waals surface area contributed by atoms with Crippen molar-refractivity contribution in [2.24, 2.45) is 0 Å². The number of carbonyl (C=O) groups is 4. The van der Waals surface area contributed by atoms with Gasteiger partial charge in [-0.25, -0.2) is 9.97 Å². The van der Waals surface area contributed by atoms with Gasteiger partial charge in [0.1, 0.15) is 36.3 Å². The summed E-state index contributed by atoms with van der Waals surface area (Å²) >= 11 is 0. The number of aromatic nitrogens is 2. The van der Waals surface area contributed by atoms with E-state index in [2.05, 4.69) is 46.6 Å². The smallest absolute Gasteiger partial charge is 0.262 e. The Kier molecular flexibility index (Phi) is 8.49. The summed E-state index contributed by atoms with van der Waals surface area (Å²) in [6, 6.07) is 23.9. The van der Waals surface area contributed by atoms with Crippen LogP contribution >= 0.6 is 0 Å². The van der Waals surface area contributed by atoms with E-state index in [9.17, 15) is 19.2 Å². The number of benzene rings is 3. The highest BCUT2D eigenvalue weighted by molar-refractivity contribution is 6.23. The number of nitrogens with zero attached hydrogens (tertiary/aromatic N) is 4. The number of ether oxygens (including phenoxy) is 2. The standard InChI is InChI=1S/C38H34N6O6/c1-38(2,22-3-8-27(9-4-22)49-21-25-15-16-40-33(20-39)42-25)23-5-10-28(11-6-23)50-29-17-26(18-29)41-24-7-12-30-31(19-24)37(48)44(36(30)47)32-13-14-34(45)43-35(32)46/h3-12,15-16,19,26,29,32,41H,13-14,17-18,21H2,1-2H3,(H,43,45,46)/t26?,29?,32-/m0/s1. The first kappa shape index (κ1) is 32.5. The average Bonchev–Trinajstić information content (AvgIpc) is 3.35. The molecule has 2 fully saturated rings. The number of rotatable bonds is 10. The van der Waals surface area contributed by atoms with Crippen molar-refractivity contribution in [3.63, 3.8) is 0 Å². The van der Waals surface area contributed by atoms with E-state index in [1.807, 2.05) is 42.5 Å². The van der Waals surface area contributed by atoms with Crippen molar-refractivity contribution < 1.29 is 28.7 Å². The Labute approximate surface area is 288 Å². The molecular weight excluding hydrogens is 636 g/mol. The lowest BCUT2D eigenvalue weighted by molar-refractivity contribution is -0.136. The van der Waals surface area contributed by atoms with Crippen molar-refractivity contribution in [1.29, 1.82) is 5.26 Å². The van der Waals surface area contributed by atoms with Crippen LogP contribution in [0.15, 0.2) is 79.0 Å². The first-order valence-corrected chi connectivity index (χ1v) is 16.4. The Bertz CT molecular complexity index is 2030. The Morgan fingerprint density at radius 3 is 2.28 bits per heavy atom.